The summed E-state index contributed by atoms with van der Waals surface area (Å²) in [4.78, 5) is 11.9. The first-order chi connectivity index (χ1) is 10.0. The molecule has 2 N–H and O–H groups in total. The predicted octanol–water partition coefficient (Wildman–Crippen LogP) is 4.06. The molecule has 1 aromatic carbocycles. The van der Waals surface area contributed by atoms with E-state index < -0.39 is 0 Å². The molecule has 1 aliphatic carbocycles. The van der Waals surface area contributed by atoms with Gasteiger partial charge in [0, 0.05) is 23.0 Å². The van der Waals surface area contributed by atoms with Gasteiger partial charge in [-0.1, -0.05) is 42.1 Å². The van der Waals surface area contributed by atoms with Crippen LogP contribution in [0.15, 0.2) is 18.2 Å². The van der Waals surface area contributed by atoms with Crippen molar-refractivity contribution in [2.75, 3.05) is 0 Å². The Kier molecular flexibility index (Phi) is 6.27. The third kappa shape index (κ3) is 5.46. The Morgan fingerprint density at radius 2 is 2.00 bits per heavy atom. The SMILES string of the molecule is O=C(CC1CCCC1)NC(=S)NCc1ccc(Cl)cc1Cl. The Hall–Kier alpha value is -0.840. The van der Waals surface area contributed by atoms with E-state index in [2.05, 4.69) is 10.6 Å². The number of thiocarbonyl (C=S) groups is 1. The van der Waals surface area contributed by atoms with E-state index in [0.29, 0.717) is 34.0 Å². The Balaban J connectivity index is 1.75. The van der Waals surface area contributed by atoms with Gasteiger partial charge in [-0.25, -0.2) is 0 Å². The van der Waals surface area contributed by atoms with E-state index in [1.54, 1.807) is 12.1 Å². The fourth-order valence-corrected chi connectivity index (χ4v) is 3.20. The van der Waals surface area contributed by atoms with E-state index in [4.69, 9.17) is 35.4 Å². The molecule has 2 rings (SSSR count). The van der Waals surface area contributed by atoms with E-state index in [0.717, 1.165) is 18.4 Å². The Bertz CT molecular complexity index is 530. The number of carbonyl (C=O) groups is 1. The molecule has 0 atom stereocenters. The van der Waals surface area contributed by atoms with Gasteiger partial charge in [-0.15, -0.1) is 0 Å². The fraction of sp³-hybridized carbons (Fsp3) is 0.467. The summed E-state index contributed by atoms with van der Waals surface area (Å²) in [6.45, 7) is 0.457. The van der Waals surface area contributed by atoms with Crippen molar-refractivity contribution in [3.63, 3.8) is 0 Å². The zero-order chi connectivity index (χ0) is 15.2. The van der Waals surface area contributed by atoms with Crippen molar-refractivity contribution in [1.29, 1.82) is 0 Å². The van der Waals surface area contributed by atoms with Crippen molar-refractivity contribution in [1.82, 2.24) is 10.6 Å². The van der Waals surface area contributed by atoms with Gasteiger partial charge < -0.3 is 10.6 Å². The number of hydrogen-bond donors (Lipinski definition) is 2. The van der Waals surface area contributed by atoms with Gasteiger partial charge in [-0.2, -0.15) is 0 Å². The maximum absolute atomic E-state index is 11.9. The summed E-state index contributed by atoms with van der Waals surface area (Å²) < 4.78 is 0. The molecule has 1 aliphatic rings. The topological polar surface area (TPSA) is 41.1 Å². The normalized spacial score (nSPS) is 15.0. The lowest BCUT2D eigenvalue weighted by atomic mass is 10.0. The van der Waals surface area contributed by atoms with Crippen LogP contribution < -0.4 is 10.6 Å². The zero-order valence-corrected chi connectivity index (χ0v) is 14.0. The van der Waals surface area contributed by atoms with Crippen LogP contribution in [0.2, 0.25) is 10.0 Å². The minimum absolute atomic E-state index is 0.0124. The van der Waals surface area contributed by atoms with Crippen LogP contribution in [-0.4, -0.2) is 11.0 Å². The average molecular weight is 345 g/mol. The molecule has 3 nitrogen and oxygen atoms in total. The quantitative estimate of drug-likeness (QED) is 0.809. The molecule has 0 aliphatic heterocycles. The molecule has 6 heteroatoms. The van der Waals surface area contributed by atoms with E-state index >= 15 is 0 Å². The Morgan fingerprint density at radius 3 is 2.67 bits per heavy atom. The minimum Gasteiger partial charge on any atom is -0.358 e. The molecule has 114 valence electrons. The van der Waals surface area contributed by atoms with Crippen LogP contribution in [0.25, 0.3) is 0 Å². The second kappa shape index (κ2) is 7.97. The molecular weight excluding hydrogens is 327 g/mol. The summed E-state index contributed by atoms with van der Waals surface area (Å²) in [5, 5.41) is 7.22. The summed E-state index contributed by atoms with van der Waals surface area (Å²) in [5.41, 5.74) is 0.883. The maximum Gasteiger partial charge on any atom is 0.226 e. The van der Waals surface area contributed by atoms with Crippen molar-refractivity contribution in [2.24, 2.45) is 5.92 Å². The van der Waals surface area contributed by atoms with Gasteiger partial charge in [0.25, 0.3) is 0 Å². The van der Waals surface area contributed by atoms with Gasteiger partial charge in [-0.05, 0) is 48.7 Å². The minimum atomic E-state index is -0.0124. The summed E-state index contributed by atoms with van der Waals surface area (Å²) >= 11 is 17.0. The number of nitrogens with one attached hydrogen (secondary N) is 2. The second-order valence-corrected chi connectivity index (χ2v) is 6.57. The molecule has 0 radical (unpaired) electrons. The molecule has 21 heavy (non-hydrogen) atoms. The number of benzene rings is 1. The first-order valence-electron chi connectivity index (χ1n) is 7.06. The lowest BCUT2D eigenvalue weighted by Crippen LogP contribution is -2.39. The molecule has 1 fully saturated rings. The van der Waals surface area contributed by atoms with Crippen LogP contribution in [0.1, 0.15) is 37.7 Å². The van der Waals surface area contributed by atoms with E-state index in [9.17, 15) is 4.79 Å². The van der Waals surface area contributed by atoms with Crippen molar-refractivity contribution < 1.29 is 4.79 Å². The number of halogens is 2. The third-order valence-electron chi connectivity index (χ3n) is 3.66. The van der Waals surface area contributed by atoms with E-state index in [-0.39, 0.29) is 5.91 Å². The van der Waals surface area contributed by atoms with Gasteiger partial charge in [-0.3, -0.25) is 4.79 Å². The first kappa shape index (κ1) is 16.5. The summed E-state index contributed by atoms with van der Waals surface area (Å²) in [6.07, 6.45) is 5.32. The highest BCUT2D eigenvalue weighted by Gasteiger charge is 2.18. The highest BCUT2D eigenvalue weighted by atomic mass is 35.5. The zero-order valence-electron chi connectivity index (χ0n) is 11.6. The lowest BCUT2D eigenvalue weighted by Gasteiger charge is -2.12. The predicted molar refractivity (Wildman–Crippen MR) is 90.6 cm³/mol. The van der Waals surface area contributed by atoms with Gasteiger partial charge in [0.2, 0.25) is 5.91 Å². The summed E-state index contributed by atoms with van der Waals surface area (Å²) in [6, 6.07) is 5.29. The van der Waals surface area contributed by atoms with Crippen molar-refractivity contribution in [3.8, 4) is 0 Å². The van der Waals surface area contributed by atoms with Gasteiger partial charge >= 0.3 is 0 Å². The largest absolute Gasteiger partial charge is 0.358 e. The molecule has 1 aromatic rings. The summed E-state index contributed by atoms with van der Waals surface area (Å²) in [7, 11) is 0. The Morgan fingerprint density at radius 1 is 1.29 bits per heavy atom. The van der Waals surface area contributed by atoms with Gasteiger partial charge in [0.15, 0.2) is 5.11 Å². The average Bonchev–Trinajstić information content (AvgIpc) is 2.90. The monoisotopic (exact) mass is 344 g/mol. The first-order valence-corrected chi connectivity index (χ1v) is 8.22. The molecule has 0 bridgehead atoms. The molecule has 0 saturated heterocycles. The molecule has 0 spiro atoms. The third-order valence-corrected chi connectivity index (χ3v) is 4.49. The molecule has 0 heterocycles. The van der Waals surface area contributed by atoms with E-state index in [1.165, 1.54) is 12.8 Å². The smallest absolute Gasteiger partial charge is 0.226 e. The van der Waals surface area contributed by atoms with Crippen molar-refractivity contribution in [2.45, 2.75) is 38.6 Å². The van der Waals surface area contributed by atoms with Crippen LogP contribution in [0, 0.1) is 5.92 Å². The van der Waals surface area contributed by atoms with Gasteiger partial charge in [0.1, 0.15) is 0 Å². The molecule has 1 amide bonds. The number of amides is 1. The summed E-state index contributed by atoms with van der Waals surface area (Å²) in [5.74, 6) is 0.500. The lowest BCUT2D eigenvalue weighted by molar-refractivity contribution is -0.120. The number of rotatable bonds is 4. The van der Waals surface area contributed by atoms with E-state index in [1.807, 2.05) is 6.07 Å². The van der Waals surface area contributed by atoms with Crippen molar-refractivity contribution >= 4 is 46.4 Å². The number of carbonyl (C=O) groups excluding carboxylic acids is 1. The van der Waals surface area contributed by atoms with Gasteiger partial charge in [0.05, 0.1) is 0 Å². The van der Waals surface area contributed by atoms with Crippen molar-refractivity contribution in [3.05, 3.63) is 33.8 Å². The molecule has 0 unspecified atom stereocenters. The highest BCUT2D eigenvalue weighted by molar-refractivity contribution is 7.80. The molecule has 0 aromatic heterocycles. The second-order valence-electron chi connectivity index (χ2n) is 5.32. The van der Waals surface area contributed by atoms with Crippen LogP contribution in [0.3, 0.4) is 0 Å². The van der Waals surface area contributed by atoms with Crippen LogP contribution in [0.4, 0.5) is 0 Å². The Labute approximate surface area is 140 Å². The highest BCUT2D eigenvalue weighted by Crippen LogP contribution is 2.27. The fourth-order valence-electron chi connectivity index (χ4n) is 2.54. The van der Waals surface area contributed by atoms with Crippen LogP contribution in [0.5, 0.6) is 0 Å². The standard InChI is InChI=1S/C15H18Cl2N2OS/c16-12-6-5-11(13(17)8-12)9-18-15(21)19-14(20)7-10-3-1-2-4-10/h5-6,8,10H,1-4,7,9H2,(H2,18,19,20,21). The maximum atomic E-state index is 11.9. The number of hydrogen-bond acceptors (Lipinski definition) is 2. The molecular formula is C15H18Cl2N2OS. The molecule has 1 saturated carbocycles. The van der Waals surface area contributed by atoms with Crippen LogP contribution >= 0.6 is 35.4 Å². The van der Waals surface area contributed by atoms with Crippen LogP contribution in [-0.2, 0) is 11.3 Å².